The van der Waals surface area contributed by atoms with Gasteiger partial charge in [-0.15, -0.1) is 0 Å². The molecule has 1 amide bonds. The molecule has 1 fully saturated rings. The maximum atomic E-state index is 12.3. The van der Waals surface area contributed by atoms with Crippen molar-refractivity contribution >= 4 is 6.09 Å². The number of amides is 1. The average molecular weight is 282 g/mol. The molecule has 1 aromatic heterocycles. The molecule has 0 aliphatic carbocycles. The van der Waals surface area contributed by atoms with E-state index in [-0.39, 0.29) is 12.1 Å². The summed E-state index contributed by atoms with van der Waals surface area (Å²) in [5.41, 5.74) is 2.13. The van der Waals surface area contributed by atoms with Crippen molar-refractivity contribution in [2.45, 2.75) is 25.5 Å². The van der Waals surface area contributed by atoms with Crippen molar-refractivity contribution in [1.82, 2.24) is 9.88 Å². The summed E-state index contributed by atoms with van der Waals surface area (Å²) in [4.78, 5) is 18.1. The molecule has 1 aromatic carbocycles. The van der Waals surface area contributed by atoms with Crippen molar-refractivity contribution in [3.05, 3.63) is 66.0 Å². The summed E-state index contributed by atoms with van der Waals surface area (Å²) in [5.74, 6) is 0. The largest absolute Gasteiger partial charge is 0.445 e. The number of carbonyl (C=O) groups excluding carboxylic acids is 1. The van der Waals surface area contributed by atoms with Gasteiger partial charge in [0.25, 0.3) is 0 Å². The normalized spacial score (nSPS) is 17.7. The van der Waals surface area contributed by atoms with Gasteiger partial charge in [-0.25, -0.2) is 4.79 Å². The molecule has 2 heterocycles. The van der Waals surface area contributed by atoms with Crippen LogP contribution < -0.4 is 0 Å². The molecule has 0 bridgehead atoms. The second kappa shape index (κ2) is 6.39. The van der Waals surface area contributed by atoms with Gasteiger partial charge in [-0.1, -0.05) is 30.3 Å². The predicted octanol–water partition coefficient (Wildman–Crippen LogP) is 3.56. The molecule has 3 rings (SSSR count). The summed E-state index contributed by atoms with van der Waals surface area (Å²) >= 11 is 0. The number of pyridine rings is 1. The molecule has 1 unspecified atom stereocenters. The maximum Gasteiger partial charge on any atom is 0.410 e. The van der Waals surface area contributed by atoms with Crippen molar-refractivity contribution in [2.75, 3.05) is 6.54 Å². The molecular formula is C17H18N2O2. The number of rotatable bonds is 3. The van der Waals surface area contributed by atoms with Gasteiger partial charge in [0.15, 0.2) is 0 Å². The Morgan fingerprint density at radius 2 is 1.95 bits per heavy atom. The Morgan fingerprint density at radius 3 is 2.71 bits per heavy atom. The van der Waals surface area contributed by atoms with E-state index in [2.05, 4.69) is 4.98 Å². The number of carbonyl (C=O) groups is 1. The third-order valence-corrected chi connectivity index (χ3v) is 3.78. The monoisotopic (exact) mass is 282 g/mol. The zero-order chi connectivity index (χ0) is 14.5. The van der Waals surface area contributed by atoms with Crippen LogP contribution in [0.1, 0.15) is 30.0 Å². The van der Waals surface area contributed by atoms with Crippen LogP contribution in [0.25, 0.3) is 0 Å². The van der Waals surface area contributed by atoms with Gasteiger partial charge in [-0.3, -0.25) is 4.98 Å². The summed E-state index contributed by atoms with van der Waals surface area (Å²) in [7, 11) is 0. The lowest BCUT2D eigenvalue weighted by Gasteiger charge is -2.24. The Morgan fingerprint density at radius 1 is 1.19 bits per heavy atom. The highest BCUT2D eigenvalue weighted by molar-refractivity contribution is 5.68. The number of aromatic nitrogens is 1. The third-order valence-electron chi connectivity index (χ3n) is 3.78. The molecule has 0 N–H and O–H groups in total. The van der Waals surface area contributed by atoms with Crippen LogP contribution in [-0.4, -0.2) is 22.5 Å². The second-order valence-electron chi connectivity index (χ2n) is 5.17. The summed E-state index contributed by atoms with van der Waals surface area (Å²) in [6, 6.07) is 13.8. The fourth-order valence-corrected chi connectivity index (χ4v) is 2.72. The lowest BCUT2D eigenvalue weighted by molar-refractivity contribution is 0.0920. The maximum absolute atomic E-state index is 12.3. The summed E-state index contributed by atoms with van der Waals surface area (Å²) in [6.07, 6.45) is 5.28. The van der Waals surface area contributed by atoms with Crippen molar-refractivity contribution in [2.24, 2.45) is 0 Å². The Kier molecular flexibility index (Phi) is 4.15. The second-order valence-corrected chi connectivity index (χ2v) is 5.17. The molecule has 4 nitrogen and oxygen atoms in total. The molecule has 1 aliphatic heterocycles. The zero-order valence-corrected chi connectivity index (χ0v) is 11.8. The molecule has 1 atom stereocenters. The van der Waals surface area contributed by atoms with E-state index in [0.29, 0.717) is 6.61 Å². The molecule has 108 valence electrons. The van der Waals surface area contributed by atoms with Crippen LogP contribution in [0.15, 0.2) is 54.9 Å². The first-order valence-electron chi connectivity index (χ1n) is 7.22. The van der Waals surface area contributed by atoms with E-state index < -0.39 is 0 Å². The van der Waals surface area contributed by atoms with Gasteiger partial charge >= 0.3 is 6.09 Å². The quantitative estimate of drug-likeness (QED) is 0.864. The summed E-state index contributed by atoms with van der Waals surface area (Å²) in [5, 5.41) is 0. The Hall–Kier alpha value is -2.36. The smallest absolute Gasteiger partial charge is 0.410 e. The first-order valence-corrected chi connectivity index (χ1v) is 7.22. The first kappa shape index (κ1) is 13.6. The average Bonchev–Trinajstić information content (AvgIpc) is 3.04. The molecule has 1 aliphatic rings. The highest BCUT2D eigenvalue weighted by Crippen LogP contribution is 2.32. The minimum Gasteiger partial charge on any atom is -0.445 e. The molecule has 0 saturated carbocycles. The SMILES string of the molecule is O=C(OCc1ccccc1)N1CCCC1c1ccncc1. The molecular weight excluding hydrogens is 264 g/mol. The van der Waals surface area contributed by atoms with Crippen molar-refractivity contribution in [3.8, 4) is 0 Å². The van der Waals surface area contributed by atoms with Gasteiger partial charge in [0.1, 0.15) is 6.61 Å². The Balaban J connectivity index is 1.64. The first-order chi connectivity index (χ1) is 10.3. The Bertz CT molecular complexity index is 586. The van der Waals surface area contributed by atoms with E-state index in [1.807, 2.05) is 47.4 Å². The lowest BCUT2D eigenvalue weighted by Crippen LogP contribution is -2.31. The minimum atomic E-state index is -0.238. The highest BCUT2D eigenvalue weighted by atomic mass is 16.6. The van der Waals surface area contributed by atoms with Crippen LogP contribution in [0.5, 0.6) is 0 Å². The number of nitrogens with zero attached hydrogens (tertiary/aromatic N) is 2. The minimum absolute atomic E-state index is 0.108. The van der Waals surface area contributed by atoms with Crippen LogP contribution >= 0.6 is 0 Å². The Labute approximate surface area is 124 Å². The van der Waals surface area contributed by atoms with Crippen LogP contribution in [0, 0.1) is 0 Å². The number of hydrogen-bond acceptors (Lipinski definition) is 3. The van der Waals surface area contributed by atoms with E-state index in [0.717, 1.165) is 30.5 Å². The van der Waals surface area contributed by atoms with Crippen LogP contribution in [0.3, 0.4) is 0 Å². The van der Waals surface area contributed by atoms with E-state index in [9.17, 15) is 4.79 Å². The van der Waals surface area contributed by atoms with Crippen molar-refractivity contribution in [3.63, 3.8) is 0 Å². The summed E-state index contributed by atoms with van der Waals surface area (Å²) in [6.45, 7) is 1.07. The molecule has 0 radical (unpaired) electrons. The molecule has 2 aromatic rings. The van der Waals surface area contributed by atoms with E-state index in [1.165, 1.54) is 0 Å². The highest BCUT2D eigenvalue weighted by Gasteiger charge is 2.30. The van der Waals surface area contributed by atoms with Gasteiger partial charge < -0.3 is 9.64 Å². The van der Waals surface area contributed by atoms with E-state index >= 15 is 0 Å². The number of ether oxygens (including phenoxy) is 1. The van der Waals surface area contributed by atoms with Gasteiger partial charge in [0, 0.05) is 18.9 Å². The standard InChI is InChI=1S/C17H18N2O2/c20-17(21-13-14-5-2-1-3-6-14)19-12-4-7-16(19)15-8-10-18-11-9-15/h1-3,5-6,8-11,16H,4,7,12-13H2. The third kappa shape index (κ3) is 3.21. The van der Waals surface area contributed by atoms with Crippen molar-refractivity contribution < 1.29 is 9.53 Å². The molecule has 4 heteroatoms. The summed E-state index contributed by atoms with van der Waals surface area (Å²) < 4.78 is 5.44. The van der Waals surface area contributed by atoms with E-state index in [4.69, 9.17) is 4.74 Å². The van der Waals surface area contributed by atoms with Crippen LogP contribution in [0.2, 0.25) is 0 Å². The number of benzene rings is 1. The fourth-order valence-electron chi connectivity index (χ4n) is 2.72. The zero-order valence-electron chi connectivity index (χ0n) is 11.8. The van der Waals surface area contributed by atoms with Crippen LogP contribution in [0.4, 0.5) is 4.79 Å². The lowest BCUT2D eigenvalue weighted by atomic mass is 10.1. The van der Waals surface area contributed by atoms with Gasteiger partial charge in [0.05, 0.1) is 6.04 Å². The van der Waals surface area contributed by atoms with Gasteiger partial charge in [-0.05, 0) is 36.1 Å². The van der Waals surface area contributed by atoms with Crippen LogP contribution in [-0.2, 0) is 11.3 Å². The molecule has 21 heavy (non-hydrogen) atoms. The van der Waals surface area contributed by atoms with E-state index in [1.54, 1.807) is 12.4 Å². The topological polar surface area (TPSA) is 42.4 Å². The predicted molar refractivity (Wildman–Crippen MR) is 79.5 cm³/mol. The van der Waals surface area contributed by atoms with Gasteiger partial charge in [0.2, 0.25) is 0 Å². The van der Waals surface area contributed by atoms with Gasteiger partial charge in [-0.2, -0.15) is 0 Å². The molecule has 1 saturated heterocycles. The number of hydrogen-bond donors (Lipinski definition) is 0. The number of likely N-dealkylation sites (tertiary alicyclic amines) is 1. The van der Waals surface area contributed by atoms with Crippen molar-refractivity contribution in [1.29, 1.82) is 0 Å². The fraction of sp³-hybridized carbons (Fsp3) is 0.294. The molecule has 0 spiro atoms.